The van der Waals surface area contributed by atoms with Crippen LogP contribution in [0.1, 0.15) is 19.0 Å². The number of aliphatic hydroxyl groups excluding tert-OH is 2. The van der Waals surface area contributed by atoms with Gasteiger partial charge in [0.1, 0.15) is 0 Å². The Morgan fingerprint density at radius 1 is 1.20 bits per heavy atom. The Bertz CT molecular complexity index is 271. The maximum atomic E-state index is 8.90. The van der Waals surface area contributed by atoms with Crippen LogP contribution in [-0.2, 0) is 6.61 Å². The van der Waals surface area contributed by atoms with E-state index in [-0.39, 0.29) is 13.2 Å². The Hall–Kier alpha value is -1.20. The zero-order valence-electron chi connectivity index (χ0n) is 8.93. The van der Waals surface area contributed by atoms with E-state index in [9.17, 15) is 0 Å². The lowest BCUT2D eigenvalue weighted by atomic mass is 10.3. The molecular weight excluding hydrogens is 194 g/mol. The zero-order chi connectivity index (χ0) is 11.1. The van der Waals surface area contributed by atoms with Crippen LogP contribution in [0.25, 0.3) is 0 Å². The van der Waals surface area contributed by atoms with Gasteiger partial charge in [-0.1, -0.05) is 6.92 Å². The number of nitrogens with zero attached hydrogens (tertiary/aromatic N) is 3. The summed E-state index contributed by atoms with van der Waals surface area (Å²) in [5.74, 6) is 0.739. The van der Waals surface area contributed by atoms with Gasteiger partial charge in [0.2, 0.25) is 0 Å². The third-order valence-corrected chi connectivity index (χ3v) is 2.06. The Balaban J connectivity index is 2.72. The van der Waals surface area contributed by atoms with Crippen LogP contribution in [0.4, 0.5) is 5.82 Å². The topological polar surface area (TPSA) is 69.5 Å². The molecule has 15 heavy (non-hydrogen) atoms. The van der Waals surface area contributed by atoms with Crippen molar-refractivity contribution in [1.82, 2.24) is 10.2 Å². The van der Waals surface area contributed by atoms with E-state index >= 15 is 0 Å². The van der Waals surface area contributed by atoms with Crippen LogP contribution in [0.5, 0.6) is 0 Å². The first-order valence-corrected chi connectivity index (χ1v) is 5.11. The average Bonchev–Trinajstić information content (AvgIpc) is 2.29. The molecule has 5 nitrogen and oxygen atoms in total. The van der Waals surface area contributed by atoms with Gasteiger partial charge in [0.25, 0.3) is 0 Å². The highest BCUT2D eigenvalue weighted by atomic mass is 16.3. The number of hydrogen-bond donors (Lipinski definition) is 2. The lowest BCUT2D eigenvalue weighted by Gasteiger charge is -2.21. The Morgan fingerprint density at radius 3 is 2.47 bits per heavy atom. The smallest absolute Gasteiger partial charge is 0.151 e. The summed E-state index contributed by atoms with van der Waals surface area (Å²) in [6.45, 7) is 3.47. The molecule has 1 rings (SSSR count). The summed E-state index contributed by atoms with van der Waals surface area (Å²) >= 11 is 0. The van der Waals surface area contributed by atoms with Crippen LogP contribution >= 0.6 is 0 Å². The minimum absolute atomic E-state index is 0.0962. The fourth-order valence-corrected chi connectivity index (χ4v) is 1.34. The molecule has 5 heteroatoms. The molecule has 2 N–H and O–H groups in total. The van der Waals surface area contributed by atoms with Gasteiger partial charge in [-0.05, 0) is 18.6 Å². The van der Waals surface area contributed by atoms with Crippen LogP contribution in [0, 0.1) is 0 Å². The molecular formula is C10H17N3O2. The van der Waals surface area contributed by atoms with E-state index < -0.39 is 0 Å². The lowest BCUT2D eigenvalue weighted by Crippen LogP contribution is -2.28. The highest BCUT2D eigenvalue weighted by Gasteiger charge is 2.06. The van der Waals surface area contributed by atoms with Crippen LogP contribution < -0.4 is 4.90 Å². The van der Waals surface area contributed by atoms with Crippen LogP contribution in [0.3, 0.4) is 0 Å². The molecule has 0 aliphatic carbocycles. The van der Waals surface area contributed by atoms with Crippen molar-refractivity contribution in [3.63, 3.8) is 0 Å². The minimum atomic E-state index is -0.0962. The molecule has 0 fully saturated rings. The van der Waals surface area contributed by atoms with Gasteiger partial charge in [-0.15, -0.1) is 5.10 Å². The van der Waals surface area contributed by atoms with Crippen LogP contribution in [0.2, 0.25) is 0 Å². The lowest BCUT2D eigenvalue weighted by molar-refractivity contribution is 0.275. The largest absolute Gasteiger partial charge is 0.395 e. The van der Waals surface area contributed by atoms with Gasteiger partial charge < -0.3 is 15.1 Å². The van der Waals surface area contributed by atoms with Crippen molar-refractivity contribution in [2.45, 2.75) is 20.0 Å². The zero-order valence-corrected chi connectivity index (χ0v) is 8.93. The van der Waals surface area contributed by atoms with Crippen molar-refractivity contribution in [1.29, 1.82) is 0 Å². The van der Waals surface area contributed by atoms with Gasteiger partial charge in [-0.3, -0.25) is 0 Å². The second-order valence-electron chi connectivity index (χ2n) is 3.25. The quantitative estimate of drug-likeness (QED) is 0.702. The first kappa shape index (κ1) is 11.9. The molecule has 1 aromatic heterocycles. The van der Waals surface area contributed by atoms with Crippen molar-refractivity contribution < 1.29 is 10.2 Å². The van der Waals surface area contributed by atoms with Gasteiger partial charge in [-0.25, -0.2) is 0 Å². The normalized spacial score (nSPS) is 10.3. The summed E-state index contributed by atoms with van der Waals surface area (Å²) in [6.07, 6.45) is 0.990. The molecule has 0 atom stereocenters. The van der Waals surface area contributed by atoms with Gasteiger partial charge in [0.05, 0.1) is 18.9 Å². The fourth-order valence-electron chi connectivity index (χ4n) is 1.34. The van der Waals surface area contributed by atoms with E-state index in [1.165, 1.54) is 0 Å². The molecule has 0 aromatic carbocycles. The molecule has 0 saturated heterocycles. The second kappa shape index (κ2) is 6.31. The monoisotopic (exact) mass is 211 g/mol. The summed E-state index contributed by atoms with van der Waals surface area (Å²) in [7, 11) is 0. The summed E-state index contributed by atoms with van der Waals surface area (Å²) < 4.78 is 0. The van der Waals surface area contributed by atoms with Crippen molar-refractivity contribution in [3.05, 3.63) is 17.8 Å². The Morgan fingerprint density at radius 2 is 2.00 bits per heavy atom. The first-order chi connectivity index (χ1) is 7.31. The van der Waals surface area contributed by atoms with Crippen molar-refractivity contribution in [2.24, 2.45) is 0 Å². The standard InChI is InChI=1S/C10H17N3O2/c1-2-5-13(6-7-14)10-4-3-9(8-15)11-12-10/h3-4,14-15H,2,5-8H2,1H3. The molecule has 0 radical (unpaired) electrons. The van der Waals surface area contributed by atoms with E-state index in [1.54, 1.807) is 6.07 Å². The average molecular weight is 211 g/mol. The molecule has 1 aromatic rings. The number of aliphatic hydroxyl groups is 2. The Labute approximate surface area is 89.4 Å². The number of anilines is 1. The minimum Gasteiger partial charge on any atom is -0.395 e. The third kappa shape index (κ3) is 3.45. The van der Waals surface area contributed by atoms with E-state index in [1.807, 2.05) is 11.0 Å². The van der Waals surface area contributed by atoms with E-state index in [0.717, 1.165) is 18.8 Å². The SMILES string of the molecule is CCCN(CCO)c1ccc(CO)nn1. The maximum Gasteiger partial charge on any atom is 0.151 e. The Kier molecular flexibility index (Phi) is 5.00. The highest BCUT2D eigenvalue weighted by Crippen LogP contribution is 2.09. The summed E-state index contributed by atoms with van der Waals surface area (Å²) in [4.78, 5) is 1.97. The van der Waals surface area contributed by atoms with Crippen molar-refractivity contribution in [2.75, 3.05) is 24.6 Å². The molecule has 0 spiro atoms. The molecule has 0 amide bonds. The van der Waals surface area contributed by atoms with Gasteiger partial charge in [-0.2, -0.15) is 5.10 Å². The molecule has 0 aliphatic heterocycles. The second-order valence-corrected chi connectivity index (χ2v) is 3.25. The van der Waals surface area contributed by atoms with E-state index in [4.69, 9.17) is 10.2 Å². The predicted molar refractivity (Wildman–Crippen MR) is 57.5 cm³/mol. The predicted octanol–water partition coefficient (Wildman–Crippen LogP) is 0.178. The van der Waals surface area contributed by atoms with Crippen LogP contribution in [-0.4, -0.2) is 40.1 Å². The number of aromatic nitrogens is 2. The summed E-state index contributed by atoms with van der Waals surface area (Å²) in [5.41, 5.74) is 0.555. The maximum absolute atomic E-state index is 8.90. The molecule has 0 unspecified atom stereocenters. The summed E-state index contributed by atoms with van der Waals surface area (Å²) in [6, 6.07) is 3.55. The molecule has 1 heterocycles. The van der Waals surface area contributed by atoms with Crippen LogP contribution in [0.15, 0.2) is 12.1 Å². The summed E-state index contributed by atoms with van der Waals surface area (Å²) in [5, 5.41) is 25.6. The molecule has 0 aliphatic rings. The molecule has 0 bridgehead atoms. The van der Waals surface area contributed by atoms with Crippen molar-refractivity contribution >= 4 is 5.82 Å². The van der Waals surface area contributed by atoms with Crippen molar-refractivity contribution in [3.8, 4) is 0 Å². The molecule has 84 valence electrons. The number of hydrogen-bond acceptors (Lipinski definition) is 5. The van der Waals surface area contributed by atoms with E-state index in [0.29, 0.717) is 12.2 Å². The van der Waals surface area contributed by atoms with Gasteiger partial charge in [0, 0.05) is 13.1 Å². The third-order valence-electron chi connectivity index (χ3n) is 2.06. The van der Waals surface area contributed by atoms with Gasteiger partial charge >= 0.3 is 0 Å². The first-order valence-electron chi connectivity index (χ1n) is 5.11. The highest BCUT2D eigenvalue weighted by molar-refractivity contribution is 5.37. The fraction of sp³-hybridized carbons (Fsp3) is 0.600. The van der Waals surface area contributed by atoms with E-state index in [2.05, 4.69) is 17.1 Å². The number of rotatable bonds is 6. The molecule has 0 saturated carbocycles. The van der Waals surface area contributed by atoms with Gasteiger partial charge in [0.15, 0.2) is 5.82 Å².